The number of aromatic nitrogens is 1. The molecule has 0 saturated heterocycles. The molecule has 5 heteroatoms. The van der Waals surface area contributed by atoms with Crippen LogP contribution in [0.4, 0.5) is 0 Å². The highest BCUT2D eigenvalue weighted by molar-refractivity contribution is 7.13. The van der Waals surface area contributed by atoms with Crippen LogP contribution < -0.4 is 4.74 Å². The fourth-order valence-electron chi connectivity index (χ4n) is 3.20. The zero-order chi connectivity index (χ0) is 18.8. The molecule has 4 nitrogen and oxygen atoms in total. The molecular weight excluding hydrogens is 356 g/mol. The van der Waals surface area contributed by atoms with Gasteiger partial charge in [0.2, 0.25) is 5.89 Å². The minimum atomic E-state index is 0.713. The van der Waals surface area contributed by atoms with Crippen molar-refractivity contribution in [1.82, 2.24) is 9.88 Å². The Morgan fingerprint density at radius 1 is 1.07 bits per heavy atom. The largest absolute Gasteiger partial charge is 0.497 e. The van der Waals surface area contributed by atoms with E-state index in [9.17, 15) is 0 Å². The maximum atomic E-state index is 5.85. The Kier molecular flexibility index (Phi) is 4.97. The summed E-state index contributed by atoms with van der Waals surface area (Å²) in [5, 5.41) is 4.45. The first-order valence-corrected chi connectivity index (χ1v) is 9.76. The van der Waals surface area contributed by atoms with Crippen LogP contribution >= 0.6 is 11.3 Å². The topological polar surface area (TPSA) is 38.5 Å². The van der Waals surface area contributed by atoms with E-state index in [0.29, 0.717) is 5.89 Å². The van der Waals surface area contributed by atoms with Crippen molar-refractivity contribution < 1.29 is 9.15 Å². The number of hydrogen-bond acceptors (Lipinski definition) is 5. The van der Waals surface area contributed by atoms with Crippen LogP contribution in [0.15, 0.2) is 58.3 Å². The summed E-state index contributed by atoms with van der Waals surface area (Å²) in [7, 11) is 3.80. The molecule has 4 aromatic rings. The third-order valence-electron chi connectivity index (χ3n) is 4.61. The van der Waals surface area contributed by atoms with Crippen molar-refractivity contribution >= 4 is 22.1 Å². The third kappa shape index (κ3) is 3.89. The molecule has 0 radical (unpaired) electrons. The summed E-state index contributed by atoms with van der Waals surface area (Å²) in [6.45, 7) is 3.58. The van der Waals surface area contributed by atoms with Crippen LogP contribution in [0, 0.1) is 6.92 Å². The lowest BCUT2D eigenvalue weighted by molar-refractivity contribution is 0.313. The van der Waals surface area contributed by atoms with Crippen LogP contribution in [0.25, 0.3) is 21.5 Å². The van der Waals surface area contributed by atoms with Gasteiger partial charge >= 0.3 is 0 Å². The quantitative estimate of drug-likeness (QED) is 0.444. The normalized spacial score (nSPS) is 11.4. The number of hydrogen-bond donors (Lipinski definition) is 0. The maximum Gasteiger partial charge on any atom is 0.236 e. The van der Waals surface area contributed by atoms with Gasteiger partial charge in [0.1, 0.15) is 11.5 Å². The average Bonchev–Trinajstić information content (AvgIpc) is 3.31. The molecule has 0 fully saturated rings. The Morgan fingerprint density at radius 3 is 2.67 bits per heavy atom. The minimum Gasteiger partial charge on any atom is -0.497 e. The molecule has 0 aliphatic heterocycles. The van der Waals surface area contributed by atoms with E-state index in [1.165, 1.54) is 16.3 Å². The van der Waals surface area contributed by atoms with E-state index >= 15 is 0 Å². The Bertz CT molecular complexity index is 1050. The third-order valence-corrected chi connectivity index (χ3v) is 5.47. The molecule has 2 aromatic carbocycles. The number of rotatable bonds is 6. The smallest absolute Gasteiger partial charge is 0.236 e. The van der Waals surface area contributed by atoms with Crippen molar-refractivity contribution in [1.29, 1.82) is 0 Å². The number of benzene rings is 2. The van der Waals surface area contributed by atoms with Gasteiger partial charge in [0, 0.05) is 13.1 Å². The molecule has 0 unspecified atom stereocenters. The van der Waals surface area contributed by atoms with Gasteiger partial charge in [-0.25, -0.2) is 4.98 Å². The summed E-state index contributed by atoms with van der Waals surface area (Å²) >= 11 is 1.64. The Hall–Kier alpha value is -2.63. The van der Waals surface area contributed by atoms with E-state index in [1.807, 2.05) is 30.5 Å². The van der Waals surface area contributed by atoms with Crippen molar-refractivity contribution in [3.8, 4) is 16.5 Å². The summed E-state index contributed by atoms with van der Waals surface area (Å²) in [5.41, 5.74) is 2.27. The van der Waals surface area contributed by atoms with Crippen molar-refractivity contribution in [3.63, 3.8) is 0 Å². The second-order valence-corrected chi connectivity index (χ2v) is 7.67. The highest BCUT2D eigenvalue weighted by atomic mass is 32.1. The van der Waals surface area contributed by atoms with Crippen LogP contribution in [0.5, 0.6) is 5.75 Å². The van der Waals surface area contributed by atoms with Crippen molar-refractivity contribution in [2.75, 3.05) is 14.2 Å². The van der Waals surface area contributed by atoms with E-state index in [4.69, 9.17) is 14.1 Å². The van der Waals surface area contributed by atoms with Gasteiger partial charge in [0.25, 0.3) is 0 Å². The van der Waals surface area contributed by atoms with Crippen LogP contribution in [-0.2, 0) is 13.1 Å². The number of methoxy groups -OCH3 is 1. The number of oxazole rings is 1. The monoisotopic (exact) mass is 378 g/mol. The van der Waals surface area contributed by atoms with E-state index in [2.05, 4.69) is 42.3 Å². The lowest BCUT2D eigenvalue weighted by atomic mass is 10.1. The first-order chi connectivity index (χ1) is 13.1. The first-order valence-electron chi connectivity index (χ1n) is 8.88. The molecule has 0 spiro atoms. The highest BCUT2D eigenvalue weighted by Crippen LogP contribution is 2.27. The molecule has 0 aliphatic carbocycles. The molecule has 4 rings (SSSR count). The van der Waals surface area contributed by atoms with E-state index in [1.54, 1.807) is 18.4 Å². The number of aryl methyl sites for hydroxylation is 1. The minimum absolute atomic E-state index is 0.713. The molecule has 0 atom stereocenters. The average molecular weight is 378 g/mol. The predicted octanol–water partition coefficient (Wildman–Crippen LogP) is 5.51. The van der Waals surface area contributed by atoms with Crippen LogP contribution in [-0.4, -0.2) is 24.0 Å². The van der Waals surface area contributed by atoms with E-state index in [-0.39, 0.29) is 0 Å². The van der Waals surface area contributed by atoms with Crippen molar-refractivity contribution in [2.45, 2.75) is 20.0 Å². The summed E-state index contributed by atoms with van der Waals surface area (Å²) in [5.74, 6) is 2.48. The molecule has 0 saturated carbocycles. The molecule has 0 bridgehead atoms. The van der Waals surface area contributed by atoms with Gasteiger partial charge in [0.15, 0.2) is 0 Å². The number of fused-ring (bicyclic) bond motifs is 1. The van der Waals surface area contributed by atoms with Gasteiger partial charge in [-0.3, -0.25) is 4.90 Å². The number of ether oxygens (including phenoxy) is 1. The lowest BCUT2D eigenvalue weighted by Gasteiger charge is -2.16. The zero-order valence-corrected chi connectivity index (χ0v) is 16.5. The molecule has 0 amide bonds. The zero-order valence-electron chi connectivity index (χ0n) is 15.7. The summed E-state index contributed by atoms with van der Waals surface area (Å²) in [6, 6.07) is 16.8. The summed E-state index contributed by atoms with van der Waals surface area (Å²) < 4.78 is 11.2. The Balaban J connectivity index is 1.48. The van der Waals surface area contributed by atoms with E-state index in [0.717, 1.165) is 35.2 Å². The second kappa shape index (κ2) is 7.55. The molecule has 2 aromatic heterocycles. The highest BCUT2D eigenvalue weighted by Gasteiger charge is 2.14. The Morgan fingerprint density at radius 2 is 1.89 bits per heavy atom. The predicted molar refractivity (Wildman–Crippen MR) is 110 cm³/mol. The first kappa shape index (κ1) is 17.8. The standard InChI is InChI=1S/C22H22N2O2S/c1-15-20(23-22(26-15)21-5-4-10-27-21)14-24(2)13-16-6-7-18-12-19(25-3)9-8-17(18)11-16/h4-12H,13-14H2,1-3H3. The molecular formula is C22H22N2O2S. The second-order valence-electron chi connectivity index (χ2n) is 6.72. The molecule has 0 N–H and O–H groups in total. The molecule has 2 heterocycles. The molecule has 138 valence electrons. The van der Waals surface area contributed by atoms with Crippen LogP contribution in [0.1, 0.15) is 17.0 Å². The van der Waals surface area contributed by atoms with Gasteiger partial charge in [-0.05, 0) is 60.0 Å². The van der Waals surface area contributed by atoms with Crippen LogP contribution in [0.2, 0.25) is 0 Å². The van der Waals surface area contributed by atoms with E-state index < -0.39 is 0 Å². The van der Waals surface area contributed by atoms with Gasteiger partial charge in [-0.15, -0.1) is 11.3 Å². The molecule has 0 aliphatic rings. The summed E-state index contributed by atoms with van der Waals surface area (Å²) in [4.78, 5) is 8.02. The van der Waals surface area contributed by atoms with Gasteiger partial charge in [-0.1, -0.05) is 24.3 Å². The van der Waals surface area contributed by atoms with Gasteiger partial charge in [-0.2, -0.15) is 0 Å². The van der Waals surface area contributed by atoms with Crippen molar-refractivity contribution in [3.05, 3.63) is 70.9 Å². The fraction of sp³-hybridized carbons (Fsp3) is 0.227. The summed E-state index contributed by atoms with van der Waals surface area (Å²) in [6.07, 6.45) is 0. The Labute approximate surface area is 163 Å². The maximum absolute atomic E-state index is 5.85. The van der Waals surface area contributed by atoms with Crippen LogP contribution in [0.3, 0.4) is 0 Å². The van der Waals surface area contributed by atoms with Crippen molar-refractivity contribution in [2.24, 2.45) is 0 Å². The van der Waals surface area contributed by atoms with Gasteiger partial charge in [0.05, 0.1) is 17.7 Å². The fourth-order valence-corrected chi connectivity index (χ4v) is 3.85. The number of thiophene rings is 1. The SMILES string of the molecule is COc1ccc2cc(CN(C)Cc3nc(-c4cccs4)oc3C)ccc2c1. The van der Waals surface area contributed by atoms with Gasteiger partial charge < -0.3 is 9.15 Å². The molecule has 27 heavy (non-hydrogen) atoms. The number of nitrogens with zero attached hydrogens (tertiary/aromatic N) is 2. The lowest BCUT2D eigenvalue weighted by Crippen LogP contribution is -2.18.